The summed E-state index contributed by atoms with van der Waals surface area (Å²) in [6.45, 7) is 1.95. The molecule has 8 nitrogen and oxygen atoms in total. The number of hydrogen-bond donors (Lipinski definition) is 3. The average Bonchev–Trinajstić information content (AvgIpc) is 3.02. The smallest absolute Gasteiger partial charge is 0.371 e. The maximum absolute atomic E-state index is 13.0. The van der Waals surface area contributed by atoms with Crippen LogP contribution in [0.25, 0.3) is 22.3 Å². The van der Waals surface area contributed by atoms with Crippen LogP contribution in [0.15, 0.2) is 29.1 Å². The second-order valence-electron chi connectivity index (χ2n) is 7.03. The second kappa shape index (κ2) is 5.40. The summed E-state index contributed by atoms with van der Waals surface area (Å²) in [6, 6.07) is 6.32. The van der Waals surface area contributed by atoms with Gasteiger partial charge in [0.15, 0.2) is 0 Å². The maximum atomic E-state index is 13.0. The van der Waals surface area contributed by atoms with Crippen LogP contribution in [0.3, 0.4) is 0 Å². The van der Waals surface area contributed by atoms with Crippen LogP contribution in [0.4, 0.5) is 0 Å². The summed E-state index contributed by atoms with van der Waals surface area (Å²) in [5, 5.41) is 31.0. The van der Waals surface area contributed by atoms with Gasteiger partial charge in [-0.2, -0.15) is 0 Å². The highest BCUT2D eigenvalue weighted by atomic mass is 16.6. The number of carbonyl (C=O) groups is 1. The number of benzene rings is 1. The van der Waals surface area contributed by atoms with Gasteiger partial charge in [0.25, 0.3) is 11.3 Å². The minimum Gasteiger partial charge on any atom is -0.508 e. The van der Waals surface area contributed by atoms with Crippen molar-refractivity contribution < 1.29 is 24.9 Å². The Morgan fingerprint density at radius 3 is 2.75 bits per heavy atom. The largest absolute Gasteiger partial charge is 0.508 e. The number of cyclic esters (lactones) is 1. The van der Waals surface area contributed by atoms with Crippen molar-refractivity contribution in [3.05, 3.63) is 56.9 Å². The highest BCUT2D eigenvalue weighted by Gasteiger charge is 2.45. The molecule has 0 aliphatic carbocycles. The molecular weight excluding hydrogens is 364 g/mol. The lowest BCUT2D eigenvalue weighted by molar-refractivity contribution is -0.220. The van der Waals surface area contributed by atoms with E-state index < -0.39 is 17.3 Å². The first-order chi connectivity index (χ1) is 13.3. The highest BCUT2D eigenvalue weighted by Crippen LogP contribution is 2.39. The predicted octanol–water partition coefficient (Wildman–Crippen LogP) is 0.887. The van der Waals surface area contributed by atoms with Crippen LogP contribution in [-0.4, -0.2) is 30.8 Å². The molecular formula is C20H16N2O6. The van der Waals surface area contributed by atoms with Gasteiger partial charge in [0, 0.05) is 16.5 Å². The molecule has 2 aliphatic heterocycles. The third kappa shape index (κ3) is 2.04. The minimum atomic E-state index is -2.87. The number of nitrogens with zero attached hydrogens (tertiary/aromatic N) is 2. The normalized spacial score (nSPS) is 16.5. The lowest BCUT2D eigenvalue weighted by Crippen LogP contribution is -2.44. The van der Waals surface area contributed by atoms with Crippen LogP contribution in [-0.2, 0) is 34.9 Å². The number of aliphatic hydroxyl groups is 2. The number of phenolic OH excluding ortho intramolecular Hbond substituents is 1. The van der Waals surface area contributed by atoms with Gasteiger partial charge in [0.2, 0.25) is 0 Å². The Labute approximate surface area is 158 Å². The Balaban J connectivity index is 1.84. The van der Waals surface area contributed by atoms with Crippen molar-refractivity contribution in [2.45, 2.75) is 32.3 Å². The van der Waals surface area contributed by atoms with Crippen molar-refractivity contribution in [1.82, 2.24) is 9.55 Å². The standard InChI is InChI=1S/C20H16N2O6/c1-2-10-11-5-9(23)3-4-15(11)21-17-12(10)7-22-16(17)6-14-13(18(22)24)8-28-19(25)20(14,26)27/h3-6,23,26-27H,2,7-8H2,1H3. The van der Waals surface area contributed by atoms with E-state index in [0.717, 1.165) is 16.5 Å². The number of fused-ring (bicyclic) bond motifs is 5. The third-order valence-corrected chi connectivity index (χ3v) is 5.51. The van der Waals surface area contributed by atoms with Crippen molar-refractivity contribution in [2.75, 3.05) is 0 Å². The van der Waals surface area contributed by atoms with Crippen molar-refractivity contribution in [3.8, 4) is 17.1 Å². The van der Waals surface area contributed by atoms with Gasteiger partial charge in [-0.15, -0.1) is 0 Å². The van der Waals surface area contributed by atoms with E-state index in [0.29, 0.717) is 23.3 Å². The molecule has 0 amide bonds. The second-order valence-corrected chi connectivity index (χ2v) is 7.03. The SMILES string of the molecule is CCc1c2c(nc3ccc(O)cc13)-c1cc3c(c(=O)n1C2)COC(=O)C3(O)O. The molecule has 0 bridgehead atoms. The fourth-order valence-corrected chi connectivity index (χ4v) is 4.14. The number of esters is 1. The number of aryl methyl sites for hydroxylation is 1. The molecule has 3 N–H and O–H groups in total. The Morgan fingerprint density at radius 1 is 1.21 bits per heavy atom. The Bertz CT molecular complexity index is 1260. The van der Waals surface area contributed by atoms with Gasteiger partial charge in [-0.25, -0.2) is 9.78 Å². The van der Waals surface area contributed by atoms with E-state index in [-0.39, 0.29) is 30.0 Å². The van der Waals surface area contributed by atoms with E-state index in [1.807, 2.05) is 6.92 Å². The molecule has 1 aromatic carbocycles. The molecule has 0 spiro atoms. The van der Waals surface area contributed by atoms with Gasteiger partial charge >= 0.3 is 5.97 Å². The first kappa shape index (κ1) is 16.9. The van der Waals surface area contributed by atoms with Gasteiger partial charge in [-0.05, 0) is 36.2 Å². The first-order valence-corrected chi connectivity index (χ1v) is 8.87. The molecule has 0 atom stereocenters. The summed E-state index contributed by atoms with van der Waals surface area (Å²) in [6.07, 6.45) is 0.665. The summed E-state index contributed by atoms with van der Waals surface area (Å²) in [4.78, 5) is 29.4. The first-order valence-electron chi connectivity index (χ1n) is 8.87. The molecule has 28 heavy (non-hydrogen) atoms. The fourth-order valence-electron chi connectivity index (χ4n) is 4.14. The molecule has 0 saturated heterocycles. The van der Waals surface area contributed by atoms with Gasteiger partial charge < -0.3 is 24.6 Å². The van der Waals surface area contributed by atoms with E-state index in [9.17, 15) is 24.9 Å². The van der Waals surface area contributed by atoms with Crippen LogP contribution in [0.5, 0.6) is 5.75 Å². The number of phenols is 1. The summed E-state index contributed by atoms with van der Waals surface area (Å²) in [7, 11) is 0. The number of hydrogen-bond acceptors (Lipinski definition) is 7. The van der Waals surface area contributed by atoms with Gasteiger partial charge in [0.05, 0.1) is 29.0 Å². The van der Waals surface area contributed by atoms with E-state index in [1.54, 1.807) is 18.2 Å². The number of aromatic nitrogens is 2. The number of pyridine rings is 2. The molecule has 0 saturated carbocycles. The Kier molecular flexibility index (Phi) is 3.26. The van der Waals surface area contributed by atoms with Crippen molar-refractivity contribution in [2.24, 2.45) is 0 Å². The third-order valence-electron chi connectivity index (χ3n) is 5.51. The Morgan fingerprint density at radius 2 is 2.00 bits per heavy atom. The average molecular weight is 380 g/mol. The highest BCUT2D eigenvalue weighted by molar-refractivity contribution is 5.89. The molecule has 8 heteroatoms. The number of carbonyl (C=O) groups excluding carboxylic acids is 1. The van der Waals surface area contributed by atoms with Crippen molar-refractivity contribution >= 4 is 16.9 Å². The lowest BCUT2D eigenvalue weighted by atomic mass is 9.96. The number of ether oxygens (including phenoxy) is 1. The van der Waals surface area contributed by atoms with Crippen LogP contribution in [0, 0.1) is 0 Å². The molecule has 0 radical (unpaired) electrons. The molecule has 5 rings (SSSR count). The molecule has 4 heterocycles. The molecule has 0 unspecified atom stereocenters. The van der Waals surface area contributed by atoms with Crippen LogP contribution in [0.1, 0.15) is 29.2 Å². The molecule has 3 aromatic rings. The maximum Gasteiger partial charge on any atom is 0.371 e. The summed E-state index contributed by atoms with van der Waals surface area (Å²) in [5.41, 5.74) is 2.87. The zero-order chi connectivity index (χ0) is 19.8. The van der Waals surface area contributed by atoms with Gasteiger partial charge in [-0.3, -0.25) is 4.79 Å². The van der Waals surface area contributed by atoms with Crippen LogP contribution >= 0.6 is 0 Å². The van der Waals surface area contributed by atoms with E-state index in [1.165, 1.54) is 10.6 Å². The van der Waals surface area contributed by atoms with E-state index >= 15 is 0 Å². The monoisotopic (exact) mass is 380 g/mol. The lowest BCUT2D eigenvalue weighted by Gasteiger charge is -2.27. The molecule has 2 aromatic heterocycles. The molecule has 0 fully saturated rings. The number of rotatable bonds is 1. The van der Waals surface area contributed by atoms with Gasteiger partial charge in [-0.1, -0.05) is 6.92 Å². The zero-order valence-corrected chi connectivity index (χ0v) is 14.9. The predicted molar refractivity (Wildman–Crippen MR) is 97.5 cm³/mol. The summed E-state index contributed by atoms with van der Waals surface area (Å²) < 4.78 is 6.27. The molecule has 142 valence electrons. The van der Waals surface area contributed by atoms with Crippen LogP contribution < -0.4 is 5.56 Å². The summed E-state index contributed by atoms with van der Waals surface area (Å²) in [5.74, 6) is -3.95. The zero-order valence-electron chi connectivity index (χ0n) is 14.9. The Hall–Kier alpha value is -3.23. The van der Waals surface area contributed by atoms with Crippen LogP contribution in [0.2, 0.25) is 0 Å². The van der Waals surface area contributed by atoms with Gasteiger partial charge in [0.1, 0.15) is 12.4 Å². The summed E-state index contributed by atoms with van der Waals surface area (Å²) >= 11 is 0. The quantitative estimate of drug-likeness (QED) is 0.331. The van der Waals surface area contributed by atoms with E-state index in [4.69, 9.17) is 4.74 Å². The number of aromatic hydroxyl groups is 1. The molecule has 2 aliphatic rings. The van der Waals surface area contributed by atoms with E-state index in [2.05, 4.69) is 4.98 Å². The van der Waals surface area contributed by atoms with Crippen molar-refractivity contribution in [3.63, 3.8) is 0 Å². The minimum absolute atomic E-state index is 0.0430. The van der Waals surface area contributed by atoms with Crippen molar-refractivity contribution in [1.29, 1.82) is 0 Å². The fraction of sp³-hybridized carbons (Fsp3) is 0.250. The topological polar surface area (TPSA) is 122 Å².